The fourth-order valence-corrected chi connectivity index (χ4v) is 2.50. The van der Waals surface area contributed by atoms with Gasteiger partial charge in [0.25, 0.3) is 0 Å². The molecule has 17 heteroatoms. The number of nitrogens with two attached hydrogens (primary N) is 5. The number of aliphatic imine (C=N–C) groups is 1. The van der Waals surface area contributed by atoms with Crippen LogP contribution in [0.15, 0.2) is 4.99 Å². The molecule has 0 spiro atoms. The Morgan fingerprint density at radius 1 is 0.765 bits per heavy atom. The van der Waals surface area contributed by atoms with E-state index in [0.29, 0.717) is 0 Å². The van der Waals surface area contributed by atoms with Crippen molar-refractivity contribution in [3.8, 4) is 0 Å². The van der Waals surface area contributed by atoms with Gasteiger partial charge in [-0.25, -0.2) is 4.79 Å². The van der Waals surface area contributed by atoms with E-state index in [1.54, 1.807) is 0 Å². The summed E-state index contributed by atoms with van der Waals surface area (Å²) in [6, 6.07) is -6.02. The lowest BCUT2D eigenvalue weighted by Gasteiger charge is -2.24. The summed E-state index contributed by atoms with van der Waals surface area (Å²) in [5, 5.41) is 24.6. The molecule has 4 atom stereocenters. The number of nitrogens with zero attached hydrogens (tertiary/aromatic N) is 1. The zero-order valence-corrected chi connectivity index (χ0v) is 18.2. The number of aliphatic carboxylic acids is 1. The average Bonchev–Trinajstić information content (AvgIpc) is 2.71. The average molecular weight is 489 g/mol. The van der Waals surface area contributed by atoms with Crippen molar-refractivity contribution in [1.29, 1.82) is 0 Å². The number of amides is 5. The van der Waals surface area contributed by atoms with Gasteiger partial charge in [-0.2, -0.15) is 0 Å². The Labute approximate surface area is 193 Å². The van der Waals surface area contributed by atoms with Gasteiger partial charge in [0.15, 0.2) is 5.96 Å². The highest BCUT2D eigenvalue weighted by Gasteiger charge is 2.31. The minimum absolute atomic E-state index is 0.0633. The molecule has 0 saturated heterocycles. The fraction of sp³-hybridized carbons (Fsp3) is 0.588. The molecule has 34 heavy (non-hydrogen) atoms. The van der Waals surface area contributed by atoms with E-state index in [1.165, 1.54) is 0 Å². The number of carboxylic acids is 1. The summed E-state index contributed by atoms with van der Waals surface area (Å²) in [5.41, 5.74) is 26.0. The SMILES string of the molecule is NC(=O)CC(N)C(=O)NC(CC(N)=O)C(=O)NC(CCCN=C(N)N)C(=O)NC(CO)C(=O)O. The molecule has 0 saturated carbocycles. The van der Waals surface area contributed by atoms with E-state index in [2.05, 4.69) is 15.6 Å². The predicted molar refractivity (Wildman–Crippen MR) is 116 cm³/mol. The third-order valence-electron chi connectivity index (χ3n) is 4.17. The Morgan fingerprint density at radius 2 is 1.26 bits per heavy atom. The van der Waals surface area contributed by atoms with Gasteiger partial charge >= 0.3 is 5.97 Å². The standard InChI is InChI=1S/C17H31N9O8/c18-7(4-11(19)28)13(30)25-9(5-12(20)29)15(32)24-8(2-1-3-23-17(21)22)14(31)26-10(6-27)16(33)34/h7-10,27H,1-6,18H2,(H2,19,28)(H2,20,29)(H,24,32)(H,25,30)(H,26,31)(H,33,34)(H4,21,22,23). The number of nitrogens with one attached hydrogen (secondary N) is 3. The van der Waals surface area contributed by atoms with Gasteiger partial charge < -0.3 is 54.8 Å². The van der Waals surface area contributed by atoms with Crippen LogP contribution in [0.4, 0.5) is 0 Å². The predicted octanol–water partition coefficient (Wildman–Crippen LogP) is -6.35. The Balaban J connectivity index is 5.55. The van der Waals surface area contributed by atoms with E-state index in [0.717, 1.165) is 0 Å². The zero-order valence-electron chi connectivity index (χ0n) is 18.2. The van der Waals surface area contributed by atoms with Crippen molar-refractivity contribution in [1.82, 2.24) is 16.0 Å². The zero-order chi connectivity index (χ0) is 26.4. The summed E-state index contributed by atoms with van der Waals surface area (Å²) in [4.78, 5) is 74.5. The first-order chi connectivity index (χ1) is 15.8. The largest absolute Gasteiger partial charge is 0.480 e. The highest BCUT2D eigenvalue weighted by molar-refractivity contribution is 5.96. The molecule has 0 aliphatic heterocycles. The molecule has 0 rings (SSSR count). The van der Waals surface area contributed by atoms with Gasteiger partial charge in [-0.05, 0) is 12.8 Å². The molecule has 0 aliphatic carbocycles. The molecule has 0 aromatic carbocycles. The molecular formula is C17H31N9O8. The first-order valence-corrected chi connectivity index (χ1v) is 9.90. The molecule has 0 bridgehead atoms. The third kappa shape index (κ3) is 12.2. The molecule has 15 N–H and O–H groups in total. The van der Waals surface area contributed by atoms with Gasteiger partial charge in [0.05, 0.1) is 25.5 Å². The minimum atomic E-state index is -1.66. The van der Waals surface area contributed by atoms with E-state index in [1.807, 2.05) is 5.32 Å². The van der Waals surface area contributed by atoms with Gasteiger partial charge in [-0.15, -0.1) is 0 Å². The van der Waals surface area contributed by atoms with Crippen LogP contribution in [-0.2, 0) is 28.8 Å². The number of hydrogen-bond donors (Lipinski definition) is 10. The Bertz CT molecular complexity index is 800. The van der Waals surface area contributed by atoms with Crippen molar-refractivity contribution >= 4 is 41.5 Å². The summed E-state index contributed by atoms with van der Waals surface area (Å²) >= 11 is 0. The van der Waals surface area contributed by atoms with Gasteiger partial charge in [0, 0.05) is 6.54 Å². The first kappa shape index (κ1) is 30.0. The van der Waals surface area contributed by atoms with Gasteiger partial charge in [-0.3, -0.25) is 29.0 Å². The maximum atomic E-state index is 12.7. The van der Waals surface area contributed by atoms with Crippen LogP contribution < -0.4 is 44.6 Å². The van der Waals surface area contributed by atoms with Gasteiger partial charge in [0.2, 0.25) is 29.5 Å². The minimum Gasteiger partial charge on any atom is -0.480 e. The molecule has 0 aromatic rings. The molecular weight excluding hydrogens is 458 g/mol. The molecule has 0 radical (unpaired) electrons. The maximum absolute atomic E-state index is 12.7. The van der Waals surface area contributed by atoms with Crippen LogP contribution in [0, 0.1) is 0 Å². The topological polar surface area (TPSA) is 321 Å². The second kappa shape index (κ2) is 15.0. The van der Waals surface area contributed by atoms with Crippen LogP contribution >= 0.6 is 0 Å². The lowest BCUT2D eigenvalue weighted by atomic mass is 10.1. The summed E-state index contributed by atoms with van der Waals surface area (Å²) in [5.74, 6) is -6.60. The van der Waals surface area contributed by atoms with Crippen molar-refractivity contribution < 1.29 is 39.0 Å². The van der Waals surface area contributed by atoms with Crippen LogP contribution in [0.1, 0.15) is 25.7 Å². The highest BCUT2D eigenvalue weighted by atomic mass is 16.4. The number of hydrogen-bond acceptors (Lipinski definition) is 9. The van der Waals surface area contributed by atoms with E-state index in [4.69, 9.17) is 38.9 Å². The molecule has 0 fully saturated rings. The first-order valence-electron chi connectivity index (χ1n) is 9.90. The molecule has 0 heterocycles. The number of guanidine groups is 1. The van der Waals surface area contributed by atoms with E-state index >= 15 is 0 Å². The summed E-state index contributed by atoms with van der Waals surface area (Å²) < 4.78 is 0. The number of carbonyl (C=O) groups excluding carboxylic acids is 5. The number of carbonyl (C=O) groups is 6. The Hall–Kier alpha value is -3.99. The van der Waals surface area contributed by atoms with E-state index in [-0.39, 0.29) is 25.3 Å². The summed E-state index contributed by atoms with van der Waals surface area (Å²) in [7, 11) is 0. The van der Waals surface area contributed by atoms with Crippen molar-refractivity contribution in [2.45, 2.75) is 49.9 Å². The third-order valence-corrected chi connectivity index (χ3v) is 4.17. The molecule has 17 nitrogen and oxygen atoms in total. The van der Waals surface area contributed by atoms with Crippen LogP contribution in [0.25, 0.3) is 0 Å². The van der Waals surface area contributed by atoms with E-state index in [9.17, 15) is 28.8 Å². The lowest BCUT2D eigenvalue weighted by Crippen LogP contribution is -2.58. The summed E-state index contributed by atoms with van der Waals surface area (Å²) in [6.07, 6.45) is -1.16. The number of rotatable bonds is 16. The summed E-state index contributed by atoms with van der Waals surface area (Å²) in [6.45, 7) is -0.860. The number of aliphatic hydroxyl groups is 1. The number of aliphatic hydroxyl groups excluding tert-OH is 1. The monoisotopic (exact) mass is 489 g/mol. The van der Waals surface area contributed by atoms with Gasteiger partial charge in [-0.1, -0.05) is 0 Å². The maximum Gasteiger partial charge on any atom is 0.328 e. The number of primary amides is 2. The normalized spacial score (nSPS) is 13.9. The number of carboxylic acid groups (broad SMARTS) is 1. The fourth-order valence-electron chi connectivity index (χ4n) is 2.50. The van der Waals surface area contributed by atoms with Crippen molar-refractivity contribution in [3.05, 3.63) is 0 Å². The Kier molecular flexibility index (Phi) is 13.2. The quantitative estimate of drug-likeness (QED) is 0.0551. The molecule has 0 aliphatic rings. The second-order valence-corrected chi connectivity index (χ2v) is 7.10. The van der Waals surface area contributed by atoms with Crippen LogP contribution in [0.2, 0.25) is 0 Å². The molecule has 4 unspecified atom stereocenters. The molecule has 0 aromatic heterocycles. The lowest BCUT2D eigenvalue weighted by molar-refractivity contribution is -0.143. The molecule has 5 amide bonds. The van der Waals surface area contributed by atoms with E-state index < -0.39 is 79.1 Å². The molecule has 192 valence electrons. The Morgan fingerprint density at radius 3 is 1.74 bits per heavy atom. The van der Waals surface area contributed by atoms with Crippen molar-refractivity contribution in [2.75, 3.05) is 13.2 Å². The van der Waals surface area contributed by atoms with Crippen molar-refractivity contribution in [3.63, 3.8) is 0 Å². The smallest absolute Gasteiger partial charge is 0.328 e. The van der Waals surface area contributed by atoms with Crippen molar-refractivity contribution in [2.24, 2.45) is 33.7 Å². The highest BCUT2D eigenvalue weighted by Crippen LogP contribution is 2.03. The van der Waals surface area contributed by atoms with Crippen LogP contribution in [-0.4, -0.2) is 89.0 Å². The van der Waals surface area contributed by atoms with Crippen LogP contribution in [0.3, 0.4) is 0 Å². The second-order valence-electron chi connectivity index (χ2n) is 7.10. The van der Waals surface area contributed by atoms with Crippen LogP contribution in [0.5, 0.6) is 0 Å². The van der Waals surface area contributed by atoms with Gasteiger partial charge in [0.1, 0.15) is 18.1 Å².